The van der Waals surface area contributed by atoms with Gasteiger partial charge in [-0.3, -0.25) is 0 Å². The number of benzene rings is 2. The molecular formula is C18H19N3O2. The van der Waals surface area contributed by atoms with Crippen molar-refractivity contribution in [3.05, 3.63) is 53.9 Å². The van der Waals surface area contributed by atoms with Crippen LogP contribution in [0.1, 0.15) is 11.4 Å². The second-order valence-corrected chi connectivity index (χ2v) is 5.60. The van der Waals surface area contributed by atoms with Crippen molar-refractivity contribution in [1.29, 1.82) is 0 Å². The second kappa shape index (κ2) is 5.93. The minimum absolute atomic E-state index is 0.413. The van der Waals surface area contributed by atoms with Gasteiger partial charge in [0.1, 0.15) is 19.0 Å². The molecule has 23 heavy (non-hydrogen) atoms. The molecule has 0 atom stereocenters. The van der Waals surface area contributed by atoms with Gasteiger partial charge in [0.05, 0.1) is 17.6 Å². The molecule has 4 rings (SSSR count). The van der Waals surface area contributed by atoms with Crippen molar-refractivity contribution in [2.24, 2.45) is 5.73 Å². The SMILES string of the molecule is NCc1nc2cc3c(cc2n1CCc1ccccc1)OCCO3. The molecule has 118 valence electrons. The highest BCUT2D eigenvalue weighted by molar-refractivity contribution is 5.80. The maximum Gasteiger partial charge on any atom is 0.163 e. The Balaban J connectivity index is 1.72. The number of nitrogens with two attached hydrogens (primary N) is 1. The van der Waals surface area contributed by atoms with Crippen molar-refractivity contribution in [2.75, 3.05) is 13.2 Å². The van der Waals surface area contributed by atoms with Crippen molar-refractivity contribution in [3.63, 3.8) is 0 Å². The van der Waals surface area contributed by atoms with Crippen LogP contribution in [-0.4, -0.2) is 22.8 Å². The Morgan fingerprint density at radius 2 is 1.78 bits per heavy atom. The fourth-order valence-corrected chi connectivity index (χ4v) is 3.00. The summed E-state index contributed by atoms with van der Waals surface area (Å²) in [5.74, 6) is 2.44. The smallest absolute Gasteiger partial charge is 0.163 e. The van der Waals surface area contributed by atoms with Crippen molar-refractivity contribution >= 4 is 11.0 Å². The molecule has 1 aliphatic heterocycles. The molecule has 5 nitrogen and oxygen atoms in total. The Bertz CT molecular complexity index is 827. The van der Waals surface area contributed by atoms with Gasteiger partial charge in [-0.05, 0) is 12.0 Å². The van der Waals surface area contributed by atoms with E-state index in [0.29, 0.717) is 19.8 Å². The highest BCUT2D eigenvalue weighted by atomic mass is 16.6. The fourth-order valence-electron chi connectivity index (χ4n) is 3.00. The maximum absolute atomic E-state index is 5.89. The first-order chi connectivity index (χ1) is 11.3. The van der Waals surface area contributed by atoms with E-state index in [4.69, 9.17) is 15.2 Å². The summed E-state index contributed by atoms with van der Waals surface area (Å²) in [7, 11) is 0. The van der Waals surface area contributed by atoms with Crippen LogP contribution in [-0.2, 0) is 19.5 Å². The number of ether oxygens (including phenoxy) is 2. The number of hydrogen-bond donors (Lipinski definition) is 1. The quantitative estimate of drug-likeness (QED) is 0.804. The molecule has 0 amide bonds. The van der Waals surface area contributed by atoms with Gasteiger partial charge in [0.15, 0.2) is 11.5 Å². The number of rotatable bonds is 4. The Kier molecular flexibility index (Phi) is 3.63. The number of aryl methyl sites for hydroxylation is 2. The molecule has 1 aromatic heterocycles. The Morgan fingerprint density at radius 1 is 1.04 bits per heavy atom. The lowest BCUT2D eigenvalue weighted by atomic mass is 10.1. The Hall–Kier alpha value is -2.53. The summed E-state index contributed by atoms with van der Waals surface area (Å²) < 4.78 is 13.5. The molecular weight excluding hydrogens is 290 g/mol. The second-order valence-electron chi connectivity index (χ2n) is 5.60. The number of nitrogens with zero attached hydrogens (tertiary/aromatic N) is 2. The summed E-state index contributed by atoms with van der Waals surface area (Å²) in [6.07, 6.45) is 0.938. The van der Waals surface area contributed by atoms with E-state index >= 15 is 0 Å². The van der Waals surface area contributed by atoms with Gasteiger partial charge in [-0.25, -0.2) is 4.98 Å². The zero-order chi connectivity index (χ0) is 15.6. The summed E-state index contributed by atoms with van der Waals surface area (Å²) in [5, 5.41) is 0. The van der Waals surface area contributed by atoms with Gasteiger partial charge in [0.2, 0.25) is 0 Å². The zero-order valence-corrected chi connectivity index (χ0v) is 12.9. The molecule has 1 aliphatic rings. The number of aromatic nitrogens is 2. The molecule has 0 radical (unpaired) electrons. The first-order valence-electron chi connectivity index (χ1n) is 7.88. The van der Waals surface area contributed by atoms with E-state index in [1.165, 1.54) is 5.56 Å². The van der Waals surface area contributed by atoms with Crippen LogP contribution in [0.3, 0.4) is 0 Å². The molecule has 3 aromatic rings. The molecule has 0 aliphatic carbocycles. The number of hydrogen-bond acceptors (Lipinski definition) is 4. The number of imidazole rings is 1. The van der Waals surface area contributed by atoms with Crippen LogP contribution in [0, 0.1) is 0 Å². The minimum atomic E-state index is 0.413. The van der Waals surface area contributed by atoms with Gasteiger partial charge in [-0.15, -0.1) is 0 Å². The highest BCUT2D eigenvalue weighted by Gasteiger charge is 2.17. The molecule has 0 saturated heterocycles. The van der Waals surface area contributed by atoms with Crippen LogP contribution in [0.15, 0.2) is 42.5 Å². The molecule has 5 heteroatoms. The lowest BCUT2D eigenvalue weighted by Gasteiger charge is -2.18. The number of fused-ring (bicyclic) bond motifs is 2. The predicted molar refractivity (Wildman–Crippen MR) is 88.8 cm³/mol. The van der Waals surface area contributed by atoms with Crippen LogP contribution in [0.5, 0.6) is 11.5 Å². The van der Waals surface area contributed by atoms with Crippen molar-refractivity contribution in [1.82, 2.24) is 9.55 Å². The van der Waals surface area contributed by atoms with E-state index < -0.39 is 0 Å². The van der Waals surface area contributed by atoms with E-state index in [2.05, 4.69) is 33.8 Å². The minimum Gasteiger partial charge on any atom is -0.486 e. The summed E-state index contributed by atoms with van der Waals surface area (Å²) >= 11 is 0. The molecule has 2 aromatic carbocycles. The average Bonchev–Trinajstić information content (AvgIpc) is 2.95. The van der Waals surface area contributed by atoms with Crippen LogP contribution < -0.4 is 15.2 Å². The van der Waals surface area contributed by atoms with Crippen molar-refractivity contribution in [2.45, 2.75) is 19.5 Å². The molecule has 0 saturated carbocycles. The normalized spacial score (nSPS) is 13.4. The molecule has 0 spiro atoms. The van der Waals surface area contributed by atoms with E-state index in [0.717, 1.165) is 41.3 Å². The van der Waals surface area contributed by atoms with Gasteiger partial charge < -0.3 is 19.8 Å². The largest absolute Gasteiger partial charge is 0.486 e. The zero-order valence-electron chi connectivity index (χ0n) is 12.9. The average molecular weight is 309 g/mol. The van der Waals surface area contributed by atoms with E-state index in [9.17, 15) is 0 Å². The van der Waals surface area contributed by atoms with E-state index in [1.54, 1.807) is 0 Å². The van der Waals surface area contributed by atoms with Crippen LogP contribution in [0.4, 0.5) is 0 Å². The third kappa shape index (κ3) is 2.64. The third-order valence-electron chi connectivity index (χ3n) is 4.14. The monoisotopic (exact) mass is 309 g/mol. The summed E-state index contributed by atoms with van der Waals surface area (Å²) in [4.78, 5) is 4.65. The lowest BCUT2D eigenvalue weighted by molar-refractivity contribution is 0.172. The topological polar surface area (TPSA) is 62.3 Å². The van der Waals surface area contributed by atoms with Crippen LogP contribution in [0.25, 0.3) is 11.0 Å². The lowest BCUT2D eigenvalue weighted by Crippen LogP contribution is -2.15. The first-order valence-corrected chi connectivity index (χ1v) is 7.88. The van der Waals surface area contributed by atoms with Gasteiger partial charge >= 0.3 is 0 Å². The summed E-state index contributed by atoms with van der Waals surface area (Å²) in [6.45, 7) is 2.42. The van der Waals surface area contributed by atoms with Gasteiger partial charge in [0, 0.05) is 18.7 Å². The molecule has 0 fully saturated rings. The first kappa shape index (κ1) is 14.1. The van der Waals surface area contributed by atoms with Crippen molar-refractivity contribution < 1.29 is 9.47 Å². The Labute approximate surface area is 134 Å². The fraction of sp³-hybridized carbons (Fsp3) is 0.278. The van der Waals surface area contributed by atoms with Gasteiger partial charge in [0.25, 0.3) is 0 Å². The third-order valence-corrected chi connectivity index (χ3v) is 4.14. The van der Waals surface area contributed by atoms with E-state index in [1.807, 2.05) is 18.2 Å². The standard InChI is InChI=1S/C18H19N3O2/c19-12-18-20-14-10-16-17(23-9-8-22-16)11-15(14)21(18)7-6-13-4-2-1-3-5-13/h1-5,10-11H,6-9,12,19H2. The summed E-state index contributed by atoms with van der Waals surface area (Å²) in [6, 6.07) is 14.4. The van der Waals surface area contributed by atoms with Gasteiger partial charge in [-0.1, -0.05) is 30.3 Å². The van der Waals surface area contributed by atoms with Crippen LogP contribution >= 0.6 is 0 Å². The van der Waals surface area contributed by atoms with E-state index in [-0.39, 0.29) is 0 Å². The predicted octanol–water partition coefficient (Wildman–Crippen LogP) is 2.51. The van der Waals surface area contributed by atoms with Gasteiger partial charge in [-0.2, -0.15) is 0 Å². The highest BCUT2D eigenvalue weighted by Crippen LogP contribution is 2.34. The van der Waals surface area contributed by atoms with Crippen LogP contribution in [0.2, 0.25) is 0 Å². The Morgan fingerprint density at radius 3 is 2.52 bits per heavy atom. The summed E-state index contributed by atoms with van der Waals surface area (Å²) in [5.41, 5.74) is 9.14. The molecule has 2 heterocycles. The molecule has 0 bridgehead atoms. The molecule has 0 unspecified atom stereocenters. The van der Waals surface area contributed by atoms with Crippen molar-refractivity contribution in [3.8, 4) is 11.5 Å². The molecule has 2 N–H and O–H groups in total. The maximum atomic E-state index is 5.89.